The van der Waals surface area contributed by atoms with E-state index < -0.39 is 11.5 Å². The van der Waals surface area contributed by atoms with Gasteiger partial charge in [-0.2, -0.15) is 0 Å². The van der Waals surface area contributed by atoms with Crippen molar-refractivity contribution in [1.29, 1.82) is 0 Å². The summed E-state index contributed by atoms with van der Waals surface area (Å²) >= 11 is 0. The second-order valence-corrected chi connectivity index (χ2v) is 2.26. The van der Waals surface area contributed by atoms with Crippen LogP contribution in [0.1, 0.15) is 20.3 Å². The minimum Gasteiger partial charge on any atom is -0.380 e. The quantitative estimate of drug-likeness (QED) is 0.545. The van der Waals surface area contributed by atoms with Gasteiger partial charge in [0.1, 0.15) is 5.60 Å². The monoisotopic (exact) mass is 147 g/mol. The van der Waals surface area contributed by atoms with E-state index in [1.165, 1.54) is 14.0 Å². The molecule has 1 atom stereocenters. The molecule has 60 valence electrons. The molecule has 2 N–H and O–H groups in total. The molecular formula is C6H13NO3. The van der Waals surface area contributed by atoms with Crippen molar-refractivity contribution < 1.29 is 14.7 Å². The predicted molar refractivity (Wildman–Crippen MR) is 36.1 cm³/mol. The number of nitrogens with one attached hydrogen (secondary N) is 1. The Balaban J connectivity index is 3.91. The molecule has 0 radical (unpaired) electrons. The Labute approximate surface area is 60.1 Å². The van der Waals surface area contributed by atoms with E-state index >= 15 is 0 Å². The predicted octanol–water partition coefficient (Wildman–Crippen LogP) is -0.175. The maximum atomic E-state index is 10.8. The summed E-state index contributed by atoms with van der Waals surface area (Å²) in [7, 11) is 1.32. The highest BCUT2D eigenvalue weighted by atomic mass is 16.6. The number of hydroxylamine groups is 1. The Morgan fingerprint density at radius 3 is 2.60 bits per heavy atom. The van der Waals surface area contributed by atoms with Gasteiger partial charge in [0, 0.05) is 0 Å². The van der Waals surface area contributed by atoms with Gasteiger partial charge in [-0.15, -0.1) is 0 Å². The van der Waals surface area contributed by atoms with Gasteiger partial charge >= 0.3 is 0 Å². The van der Waals surface area contributed by atoms with Crippen LogP contribution in [0.25, 0.3) is 0 Å². The van der Waals surface area contributed by atoms with E-state index in [1.807, 2.05) is 5.48 Å². The van der Waals surface area contributed by atoms with Crippen molar-refractivity contribution in [3.8, 4) is 0 Å². The zero-order valence-corrected chi connectivity index (χ0v) is 6.47. The number of carbonyl (C=O) groups is 1. The van der Waals surface area contributed by atoms with Crippen molar-refractivity contribution in [3.63, 3.8) is 0 Å². The number of aliphatic hydroxyl groups is 1. The van der Waals surface area contributed by atoms with E-state index in [0.29, 0.717) is 6.42 Å². The molecule has 0 fully saturated rings. The molecular weight excluding hydrogens is 134 g/mol. The minimum atomic E-state index is -1.32. The van der Waals surface area contributed by atoms with Crippen LogP contribution in [0.5, 0.6) is 0 Å². The maximum absolute atomic E-state index is 10.8. The first-order valence-electron chi connectivity index (χ1n) is 3.10. The highest BCUT2D eigenvalue weighted by Gasteiger charge is 2.27. The van der Waals surface area contributed by atoms with Gasteiger partial charge in [-0.3, -0.25) is 9.63 Å². The van der Waals surface area contributed by atoms with Gasteiger partial charge in [0.15, 0.2) is 0 Å². The minimum absolute atomic E-state index is 0.363. The van der Waals surface area contributed by atoms with Crippen molar-refractivity contribution in [2.24, 2.45) is 0 Å². The van der Waals surface area contributed by atoms with Crippen molar-refractivity contribution >= 4 is 5.91 Å². The van der Waals surface area contributed by atoms with Crippen molar-refractivity contribution in [2.75, 3.05) is 7.11 Å². The normalized spacial score (nSPS) is 16.0. The second-order valence-electron chi connectivity index (χ2n) is 2.26. The Morgan fingerprint density at radius 2 is 2.30 bits per heavy atom. The summed E-state index contributed by atoms with van der Waals surface area (Å²) in [5.41, 5.74) is 0.724. The van der Waals surface area contributed by atoms with E-state index in [9.17, 15) is 9.90 Å². The first-order chi connectivity index (χ1) is 4.54. The van der Waals surface area contributed by atoms with E-state index in [-0.39, 0.29) is 0 Å². The van der Waals surface area contributed by atoms with E-state index in [1.54, 1.807) is 6.92 Å². The Hall–Kier alpha value is -0.610. The van der Waals surface area contributed by atoms with Gasteiger partial charge in [0.05, 0.1) is 7.11 Å². The molecule has 0 aliphatic carbocycles. The van der Waals surface area contributed by atoms with Crippen LogP contribution in [0.3, 0.4) is 0 Å². The molecule has 0 rings (SSSR count). The van der Waals surface area contributed by atoms with Gasteiger partial charge in [-0.25, -0.2) is 5.48 Å². The van der Waals surface area contributed by atoms with Gasteiger partial charge in [0.25, 0.3) is 5.91 Å². The number of rotatable bonds is 3. The summed E-state index contributed by atoms with van der Waals surface area (Å²) in [5.74, 6) is -0.516. The smallest absolute Gasteiger partial charge is 0.275 e. The van der Waals surface area contributed by atoms with Crippen LogP contribution in [0.4, 0.5) is 0 Å². The lowest BCUT2D eigenvalue weighted by molar-refractivity contribution is -0.149. The zero-order valence-electron chi connectivity index (χ0n) is 6.47. The van der Waals surface area contributed by atoms with Crippen LogP contribution in [-0.4, -0.2) is 23.7 Å². The second kappa shape index (κ2) is 3.53. The van der Waals surface area contributed by atoms with Crippen molar-refractivity contribution in [2.45, 2.75) is 25.9 Å². The molecule has 4 heteroatoms. The fraction of sp³-hybridized carbons (Fsp3) is 0.833. The fourth-order valence-corrected chi connectivity index (χ4v) is 0.363. The lowest BCUT2D eigenvalue weighted by Gasteiger charge is -2.18. The number of hydrogen-bond donors (Lipinski definition) is 2. The Morgan fingerprint density at radius 1 is 1.80 bits per heavy atom. The summed E-state index contributed by atoms with van der Waals surface area (Å²) in [6.45, 7) is 3.15. The average molecular weight is 147 g/mol. The molecule has 0 aromatic rings. The van der Waals surface area contributed by atoms with Crippen LogP contribution in [0, 0.1) is 0 Å². The van der Waals surface area contributed by atoms with Crippen LogP contribution in [0.15, 0.2) is 0 Å². The summed E-state index contributed by atoms with van der Waals surface area (Å²) in [6, 6.07) is 0. The molecule has 0 aromatic carbocycles. The van der Waals surface area contributed by atoms with E-state index in [2.05, 4.69) is 4.84 Å². The van der Waals surface area contributed by atoms with Crippen LogP contribution < -0.4 is 5.48 Å². The summed E-state index contributed by atoms with van der Waals surface area (Å²) in [5, 5.41) is 9.23. The average Bonchev–Trinajstić information content (AvgIpc) is 1.89. The molecule has 10 heavy (non-hydrogen) atoms. The molecule has 0 spiro atoms. The van der Waals surface area contributed by atoms with Crippen LogP contribution >= 0.6 is 0 Å². The highest BCUT2D eigenvalue weighted by Crippen LogP contribution is 2.07. The molecule has 0 aromatic heterocycles. The molecule has 0 aliphatic rings. The molecule has 0 heterocycles. The van der Waals surface area contributed by atoms with E-state index in [0.717, 1.165) is 0 Å². The largest absolute Gasteiger partial charge is 0.380 e. The third-order valence-corrected chi connectivity index (χ3v) is 1.37. The zero-order chi connectivity index (χ0) is 8.20. The Bertz CT molecular complexity index is 122. The van der Waals surface area contributed by atoms with Crippen LogP contribution in [-0.2, 0) is 9.63 Å². The maximum Gasteiger partial charge on any atom is 0.275 e. The topological polar surface area (TPSA) is 58.6 Å². The molecule has 1 unspecified atom stereocenters. The molecule has 0 bridgehead atoms. The number of amides is 1. The molecule has 0 saturated carbocycles. The molecule has 1 amide bonds. The summed E-state index contributed by atoms with van der Waals surface area (Å²) in [6.07, 6.45) is 0.363. The first kappa shape index (κ1) is 9.39. The Kier molecular flexibility index (Phi) is 3.32. The van der Waals surface area contributed by atoms with Crippen LogP contribution in [0.2, 0.25) is 0 Å². The SMILES string of the molecule is CCC(C)(O)C(=O)NOC. The standard InChI is InChI=1S/C6H13NO3/c1-4-6(2,9)5(8)7-10-3/h9H,4H2,1-3H3,(H,7,8). The van der Waals surface area contributed by atoms with Gasteiger partial charge < -0.3 is 5.11 Å². The molecule has 4 nitrogen and oxygen atoms in total. The fourth-order valence-electron chi connectivity index (χ4n) is 0.363. The van der Waals surface area contributed by atoms with Crippen molar-refractivity contribution in [3.05, 3.63) is 0 Å². The van der Waals surface area contributed by atoms with Crippen molar-refractivity contribution in [1.82, 2.24) is 5.48 Å². The van der Waals surface area contributed by atoms with Gasteiger partial charge in [-0.1, -0.05) is 6.92 Å². The number of carbonyl (C=O) groups excluding carboxylic acids is 1. The van der Waals surface area contributed by atoms with E-state index in [4.69, 9.17) is 0 Å². The van der Waals surface area contributed by atoms with Gasteiger partial charge in [-0.05, 0) is 13.3 Å². The molecule has 0 saturated heterocycles. The third-order valence-electron chi connectivity index (χ3n) is 1.37. The highest BCUT2D eigenvalue weighted by molar-refractivity contribution is 5.83. The number of hydrogen-bond acceptors (Lipinski definition) is 3. The molecule has 0 aliphatic heterocycles. The summed E-state index contributed by atoms with van der Waals surface area (Å²) < 4.78 is 0. The van der Waals surface area contributed by atoms with Gasteiger partial charge in [0.2, 0.25) is 0 Å². The lowest BCUT2D eigenvalue weighted by Crippen LogP contribution is -2.43. The first-order valence-corrected chi connectivity index (χ1v) is 3.10. The summed E-state index contributed by atoms with van der Waals surface area (Å²) in [4.78, 5) is 15.1. The lowest BCUT2D eigenvalue weighted by atomic mass is 10.0. The third kappa shape index (κ3) is 2.33.